The van der Waals surface area contributed by atoms with Crippen LogP contribution in [-0.2, 0) is 19.1 Å². The van der Waals surface area contributed by atoms with Gasteiger partial charge in [0.2, 0.25) is 0 Å². The number of unbranched alkanes of at least 4 members (excludes halogenated alkanes) is 19. The van der Waals surface area contributed by atoms with E-state index in [1.165, 1.54) is 89.9 Å². The Hall–Kier alpha value is -1.14. The second kappa shape index (κ2) is 36.7. The van der Waals surface area contributed by atoms with Gasteiger partial charge in [-0.25, -0.2) is 0 Å². The normalized spacial score (nSPS) is 12.1. The van der Waals surface area contributed by atoms with Crippen LogP contribution in [0.1, 0.15) is 201 Å². The molecule has 1 unspecified atom stereocenters. The lowest BCUT2D eigenvalue weighted by molar-refractivity contribution is -0.149. The fourth-order valence-corrected chi connectivity index (χ4v) is 6.15. The standard InChI is InChI=1S/C40H79NO5/c1-4-7-10-12-13-14-21-30-38(29-20-9-6-3)40(44)46-37-28-18-16-24-33-41(34-25-19-26-35-42)32-23-15-17-27-36-45-39(43)31-22-11-8-5-2/h38,42H,4-37H2,1-3H3. The van der Waals surface area contributed by atoms with Crippen molar-refractivity contribution in [2.24, 2.45) is 5.92 Å². The summed E-state index contributed by atoms with van der Waals surface area (Å²) >= 11 is 0. The van der Waals surface area contributed by atoms with Crippen molar-refractivity contribution in [1.82, 2.24) is 4.90 Å². The molecule has 0 aliphatic carbocycles. The van der Waals surface area contributed by atoms with Gasteiger partial charge in [-0.1, -0.05) is 130 Å². The van der Waals surface area contributed by atoms with E-state index in [1.807, 2.05) is 0 Å². The Morgan fingerprint density at radius 2 is 0.913 bits per heavy atom. The van der Waals surface area contributed by atoms with Crippen LogP contribution >= 0.6 is 0 Å². The van der Waals surface area contributed by atoms with Crippen molar-refractivity contribution in [3.63, 3.8) is 0 Å². The third-order valence-electron chi connectivity index (χ3n) is 9.26. The topological polar surface area (TPSA) is 76.1 Å². The third kappa shape index (κ3) is 31.5. The Morgan fingerprint density at radius 1 is 0.500 bits per heavy atom. The Bertz CT molecular complexity index is 643. The molecular formula is C40H79NO5. The zero-order valence-electron chi connectivity index (χ0n) is 31.1. The zero-order chi connectivity index (χ0) is 33.8. The molecule has 0 amide bonds. The maximum atomic E-state index is 12.9. The molecule has 1 N–H and O–H groups in total. The molecule has 0 radical (unpaired) electrons. The van der Waals surface area contributed by atoms with E-state index in [4.69, 9.17) is 14.6 Å². The van der Waals surface area contributed by atoms with Crippen LogP contribution in [0, 0.1) is 5.92 Å². The van der Waals surface area contributed by atoms with Gasteiger partial charge >= 0.3 is 11.9 Å². The number of carbonyl (C=O) groups is 2. The summed E-state index contributed by atoms with van der Waals surface area (Å²) in [6.07, 6.45) is 31.5. The van der Waals surface area contributed by atoms with Crippen molar-refractivity contribution < 1.29 is 24.2 Å². The molecular weight excluding hydrogens is 574 g/mol. The number of carbonyl (C=O) groups excluding carboxylic acids is 2. The molecule has 0 bridgehead atoms. The van der Waals surface area contributed by atoms with Crippen LogP contribution in [-0.4, -0.2) is 61.4 Å². The molecule has 1 atom stereocenters. The summed E-state index contributed by atoms with van der Waals surface area (Å²) in [5.74, 6) is 0.113. The van der Waals surface area contributed by atoms with Gasteiger partial charge in [0.05, 0.1) is 19.1 Å². The van der Waals surface area contributed by atoms with Crippen molar-refractivity contribution in [3.8, 4) is 0 Å². The van der Waals surface area contributed by atoms with Crippen LogP contribution in [0.2, 0.25) is 0 Å². The SMILES string of the molecule is CCCCCCCCCC(CCCCC)C(=O)OCCCCCCN(CCCCCO)CCCCCCOC(=O)CCCCCC. The fourth-order valence-electron chi connectivity index (χ4n) is 6.15. The van der Waals surface area contributed by atoms with Gasteiger partial charge in [0.1, 0.15) is 0 Å². The number of hydrogen-bond acceptors (Lipinski definition) is 6. The van der Waals surface area contributed by atoms with Crippen LogP contribution in [0.25, 0.3) is 0 Å². The van der Waals surface area contributed by atoms with Crippen molar-refractivity contribution in [2.75, 3.05) is 39.5 Å². The van der Waals surface area contributed by atoms with E-state index in [0.29, 0.717) is 19.6 Å². The van der Waals surface area contributed by atoms with Crippen molar-refractivity contribution in [3.05, 3.63) is 0 Å². The average Bonchev–Trinajstić information content (AvgIpc) is 3.06. The fraction of sp³-hybridized carbons (Fsp3) is 0.950. The molecule has 0 saturated heterocycles. The highest BCUT2D eigenvalue weighted by Crippen LogP contribution is 2.20. The average molecular weight is 654 g/mol. The first kappa shape index (κ1) is 44.9. The van der Waals surface area contributed by atoms with Gasteiger partial charge in [0.25, 0.3) is 0 Å². The highest BCUT2D eigenvalue weighted by molar-refractivity contribution is 5.72. The van der Waals surface area contributed by atoms with Crippen LogP contribution in [0.4, 0.5) is 0 Å². The quantitative estimate of drug-likeness (QED) is 0.0531. The molecule has 0 fully saturated rings. The smallest absolute Gasteiger partial charge is 0.308 e. The number of aliphatic hydroxyl groups is 1. The van der Waals surface area contributed by atoms with E-state index in [2.05, 4.69) is 25.7 Å². The summed E-state index contributed by atoms with van der Waals surface area (Å²) in [4.78, 5) is 27.3. The minimum absolute atomic E-state index is 0.0336. The van der Waals surface area contributed by atoms with Crippen molar-refractivity contribution in [1.29, 1.82) is 0 Å². The van der Waals surface area contributed by atoms with Gasteiger partial charge in [-0.15, -0.1) is 0 Å². The monoisotopic (exact) mass is 654 g/mol. The summed E-state index contributed by atoms with van der Waals surface area (Å²) in [5.41, 5.74) is 0. The maximum absolute atomic E-state index is 12.9. The van der Waals surface area contributed by atoms with Gasteiger partial charge in [0.15, 0.2) is 0 Å². The third-order valence-corrected chi connectivity index (χ3v) is 9.26. The van der Waals surface area contributed by atoms with E-state index in [0.717, 1.165) is 103 Å². The molecule has 0 aromatic rings. The van der Waals surface area contributed by atoms with E-state index in [1.54, 1.807) is 0 Å². The molecule has 0 saturated carbocycles. The molecule has 0 aliphatic rings. The van der Waals surface area contributed by atoms with Crippen LogP contribution in [0.5, 0.6) is 0 Å². The summed E-state index contributed by atoms with van der Waals surface area (Å²) in [7, 11) is 0. The largest absolute Gasteiger partial charge is 0.466 e. The number of ether oxygens (including phenoxy) is 2. The Kier molecular flexibility index (Phi) is 35.8. The molecule has 0 aliphatic heterocycles. The minimum Gasteiger partial charge on any atom is -0.466 e. The van der Waals surface area contributed by atoms with Gasteiger partial charge < -0.3 is 19.5 Å². The van der Waals surface area contributed by atoms with Crippen molar-refractivity contribution in [2.45, 2.75) is 201 Å². The minimum atomic E-state index is -0.0336. The second-order valence-corrected chi connectivity index (χ2v) is 13.8. The van der Waals surface area contributed by atoms with Gasteiger partial charge in [-0.05, 0) is 83.8 Å². The number of nitrogens with zero attached hydrogens (tertiary/aromatic N) is 1. The van der Waals surface area contributed by atoms with Crippen LogP contribution < -0.4 is 0 Å². The molecule has 46 heavy (non-hydrogen) atoms. The van der Waals surface area contributed by atoms with Crippen LogP contribution in [0.3, 0.4) is 0 Å². The van der Waals surface area contributed by atoms with Gasteiger partial charge in [0, 0.05) is 13.0 Å². The van der Waals surface area contributed by atoms with E-state index < -0.39 is 0 Å². The predicted octanol–water partition coefficient (Wildman–Crippen LogP) is 11.0. The first-order valence-electron chi connectivity index (χ1n) is 20.2. The Balaban J connectivity index is 4.16. The van der Waals surface area contributed by atoms with Gasteiger partial charge in [-0.3, -0.25) is 9.59 Å². The number of rotatable bonds is 37. The first-order valence-corrected chi connectivity index (χ1v) is 20.2. The van der Waals surface area contributed by atoms with Crippen molar-refractivity contribution >= 4 is 11.9 Å². The Morgan fingerprint density at radius 3 is 1.48 bits per heavy atom. The zero-order valence-corrected chi connectivity index (χ0v) is 31.1. The lowest BCUT2D eigenvalue weighted by atomic mass is 9.94. The molecule has 0 rings (SSSR count). The molecule has 0 aromatic carbocycles. The van der Waals surface area contributed by atoms with Gasteiger partial charge in [-0.2, -0.15) is 0 Å². The van der Waals surface area contributed by atoms with E-state index in [-0.39, 0.29) is 24.5 Å². The highest BCUT2D eigenvalue weighted by atomic mass is 16.5. The second-order valence-electron chi connectivity index (χ2n) is 13.8. The highest BCUT2D eigenvalue weighted by Gasteiger charge is 2.19. The molecule has 0 heterocycles. The Labute approximate surface area is 286 Å². The molecule has 274 valence electrons. The lowest BCUT2D eigenvalue weighted by Gasteiger charge is -2.22. The molecule has 0 spiro atoms. The lowest BCUT2D eigenvalue weighted by Crippen LogP contribution is -2.27. The number of esters is 2. The molecule has 6 nitrogen and oxygen atoms in total. The summed E-state index contributed by atoms with van der Waals surface area (Å²) in [6.45, 7) is 11.4. The summed E-state index contributed by atoms with van der Waals surface area (Å²) in [6, 6.07) is 0. The van der Waals surface area contributed by atoms with E-state index in [9.17, 15) is 9.59 Å². The van der Waals surface area contributed by atoms with E-state index >= 15 is 0 Å². The molecule has 0 aromatic heterocycles. The maximum Gasteiger partial charge on any atom is 0.308 e. The number of aliphatic hydroxyl groups excluding tert-OH is 1. The molecule has 6 heteroatoms. The predicted molar refractivity (Wildman–Crippen MR) is 195 cm³/mol. The van der Waals surface area contributed by atoms with Crippen LogP contribution in [0.15, 0.2) is 0 Å². The summed E-state index contributed by atoms with van der Waals surface area (Å²) in [5, 5.41) is 9.14. The first-order chi connectivity index (χ1) is 22.6. The number of hydrogen-bond donors (Lipinski definition) is 1. The summed E-state index contributed by atoms with van der Waals surface area (Å²) < 4.78 is 11.2.